The zero-order valence-corrected chi connectivity index (χ0v) is 7.55. The SMILES string of the molecule is CCCCCCC=C=CC(=O)O. The van der Waals surface area contributed by atoms with Gasteiger partial charge in [0.05, 0.1) is 6.08 Å². The van der Waals surface area contributed by atoms with Crippen LogP contribution in [0, 0.1) is 0 Å². The van der Waals surface area contributed by atoms with Crippen LogP contribution in [0.15, 0.2) is 17.9 Å². The number of hydrogen-bond donors (Lipinski definition) is 1. The molecule has 0 aromatic carbocycles. The third-order valence-corrected chi connectivity index (χ3v) is 1.53. The van der Waals surface area contributed by atoms with Crippen molar-refractivity contribution in [3.05, 3.63) is 17.9 Å². The minimum atomic E-state index is -0.931. The first kappa shape index (κ1) is 11.0. The topological polar surface area (TPSA) is 37.3 Å². The van der Waals surface area contributed by atoms with Crippen LogP contribution in [0.5, 0.6) is 0 Å². The summed E-state index contributed by atoms with van der Waals surface area (Å²) >= 11 is 0. The van der Waals surface area contributed by atoms with E-state index in [1.807, 2.05) is 0 Å². The van der Waals surface area contributed by atoms with Crippen LogP contribution in [-0.4, -0.2) is 11.1 Å². The number of carboxylic acid groups (broad SMARTS) is 1. The average molecular weight is 168 g/mol. The summed E-state index contributed by atoms with van der Waals surface area (Å²) in [5.74, 6) is -0.931. The van der Waals surface area contributed by atoms with Crippen molar-refractivity contribution in [1.82, 2.24) is 0 Å². The van der Waals surface area contributed by atoms with E-state index in [1.165, 1.54) is 19.3 Å². The Balaban J connectivity index is 3.30. The molecule has 0 aromatic heterocycles. The molecule has 0 aliphatic heterocycles. The lowest BCUT2D eigenvalue weighted by Crippen LogP contribution is -1.83. The van der Waals surface area contributed by atoms with E-state index in [2.05, 4.69) is 12.7 Å². The maximum absolute atomic E-state index is 10.00. The first-order valence-electron chi connectivity index (χ1n) is 4.41. The summed E-state index contributed by atoms with van der Waals surface area (Å²) in [6.45, 7) is 2.17. The second kappa shape index (κ2) is 8.09. The second-order valence-corrected chi connectivity index (χ2v) is 2.70. The van der Waals surface area contributed by atoms with Crippen LogP contribution < -0.4 is 0 Å². The van der Waals surface area contributed by atoms with Crippen molar-refractivity contribution >= 4 is 5.97 Å². The fraction of sp³-hybridized carbons (Fsp3) is 0.600. The Morgan fingerprint density at radius 2 is 2.17 bits per heavy atom. The average Bonchev–Trinajstić information content (AvgIpc) is 2.02. The second-order valence-electron chi connectivity index (χ2n) is 2.70. The minimum Gasteiger partial charge on any atom is -0.478 e. The Bertz CT molecular complexity index is 176. The molecule has 12 heavy (non-hydrogen) atoms. The molecule has 2 heteroatoms. The highest BCUT2D eigenvalue weighted by Crippen LogP contribution is 2.01. The molecule has 0 amide bonds. The van der Waals surface area contributed by atoms with Crippen molar-refractivity contribution in [3.63, 3.8) is 0 Å². The Kier molecular flexibility index (Phi) is 7.41. The van der Waals surface area contributed by atoms with Crippen molar-refractivity contribution in [2.24, 2.45) is 0 Å². The molecule has 68 valence electrons. The normalized spacial score (nSPS) is 8.75. The lowest BCUT2D eigenvalue weighted by molar-refractivity contribution is -0.131. The van der Waals surface area contributed by atoms with E-state index in [9.17, 15) is 4.79 Å². The molecule has 0 spiro atoms. The van der Waals surface area contributed by atoms with Crippen molar-refractivity contribution < 1.29 is 9.90 Å². The van der Waals surface area contributed by atoms with Crippen LogP contribution in [0.2, 0.25) is 0 Å². The summed E-state index contributed by atoms with van der Waals surface area (Å²) in [6.07, 6.45) is 8.61. The quantitative estimate of drug-likeness (QED) is 0.376. The van der Waals surface area contributed by atoms with Gasteiger partial charge in [-0.05, 0) is 18.9 Å². The van der Waals surface area contributed by atoms with Crippen molar-refractivity contribution in [3.8, 4) is 0 Å². The highest BCUT2D eigenvalue weighted by molar-refractivity contribution is 5.79. The highest BCUT2D eigenvalue weighted by Gasteiger charge is 1.84. The molecule has 0 atom stereocenters. The van der Waals surface area contributed by atoms with Gasteiger partial charge in [0.2, 0.25) is 0 Å². The fourth-order valence-corrected chi connectivity index (χ4v) is 0.887. The molecule has 0 radical (unpaired) electrons. The van der Waals surface area contributed by atoms with Crippen LogP contribution in [0.3, 0.4) is 0 Å². The number of carbonyl (C=O) groups is 1. The molecular formula is C10H16O2. The van der Waals surface area contributed by atoms with Gasteiger partial charge in [-0.25, -0.2) is 4.79 Å². The van der Waals surface area contributed by atoms with Crippen molar-refractivity contribution in [1.29, 1.82) is 0 Å². The number of aliphatic carboxylic acids is 1. The Morgan fingerprint density at radius 1 is 1.42 bits per heavy atom. The first-order valence-corrected chi connectivity index (χ1v) is 4.41. The predicted octanol–water partition coefficient (Wildman–Crippen LogP) is 2.75. The summed E-state index contributed by atoms with van der Waals surface area (Å²) < 4.78 is 0. The molecule has 2 nitrogen and oxygen atoms in total. The monoisotopic (exact) mass is 168 g/mol. The smallest absolute Gasteiger partial charge is 0.336 e. The molecule has 0 rings (SSSR count). The third-order valence-electron chi connectivity index (χ3n) is 1.53. The number of carboxylic acids is 1. The van der Waals surface area contributed by atoms with E-state index >= 15 is 0 Å². The molecule has 0 saturated heterocycles. The van der Waals surface area contributed by atoms with Gasteiger partial charge in [0.25, 0.3) is 0 Å². The van der Waals surface area contributed by atoms with Gasteiger partial charge < -0.3 is 5.11 Å². The van der Waals surface area contributed by atoms with Gasteiger partial charge in [-0.1, -0.05) is 26.2 Å². The van der Waals surface area contributed by atoms with Gasteiger partial charge in [-0.15, -0.1) is 5.73 Å². The highest BCUT2D eigenvalue weighted by atomic mass is 16.4. The molecule has 0 bridgehead atoms. The van der Waals surface area contributed by atoms with Gasteiger partial charge in [0.15, 0.2) is 0 Å². The van der Waals surface area contributed by atoms with E-state index < -0.39 is 5.97 Å². The van der Waals surface area contributed by atoms with Crippen molar-refractivity contribution in [2.45, 2.75) is 39.0 Å². The fourth-order valence-electron chi connectivity index (χ4n) is 0.887. The Labute approximate surface area is 73.6 Å². The summed E-state index contributed by atoms with van der Waals surface area (Å²) in [5, 5.41) is 8.22. The van der Waals surface area contributed by atoms with E-state index in [-0.39, 0.29) is 0 Å². The standard InChI is InChI=1S/C10H16O2/c1-2-3-4-5-6-7-8-9-10(11)12/h7,9H,2-6H2,1H3,(H,11,12). The molecule has 1 N–H and O–H groups in total. The van der Waals surface area contributed by atoms with E-state index in [1.54, 1.807) is 6.08 Å². The summed E-state index contributed by atoms with van der Waals surface area (Å²) in [7, 11) is 0. The predicted molar refractivity (Wildman–Crippen MR) is 49.0 cm³/mol. The molecule has 0 fully saturated rings. The van der Waals surface area contributed by atoms with Gasteiger partial charge >= 0.3 is 5.97 Å². The van der Waals surface area contributed by atoms with Gasteiger partial charge in [-0.2, -0.15) is 0 Å². The molecule has 0 heterocycles. The van der Waals surface area contributed by atoms with E-state index in [0.29, 0.717) is 0 Å². The lowest BCUT2D eigenvalue weighted by atomic mass is 10.1. The van der Waals surface area contributed by atoms with Crippen LogP contribution in [0.25, 0.3) is 0 Å². The zero-order valence-electron chi connectivity index (χ0n) is 7.55. The minimum absolute atomic E-state index is 0.931. The van der Waals surface area contributed by atoms with E-state index in [0.717, 1.165) is 18.9 Å². The van der Waals surface area contributed by atoms with Gasteiger partial charge in [0.1, 0.15) is 0 Å². The maximum atomic E-state index is 10.00. The van der Waals surface area contributed by atoms with Gasteiger partial charge in [-0.3, -0.25) is 0 Å². The van der Waals surface area contributed by atoms with Crippen LogP contribution in [0.1, 0.15) is 39.0 Å². The van der Waals surface area contributed by atoms with Crippen LogP contribution in [0.4, 0.5) is 0 Å². The lowest BCUT2D eigenvalue weighted by Gasteiger charge is -1.91. The van der Waals surface area contributed by atoms with E-state index in [4.69, 9.17) is 5.11 Å². The van der Waals surface area contributed by atoms with Crippen LogP contribution >= 0.6 is 0 Å². The molecular weight excluding hydrogens is 152 g/mol. The van der Waals surface area contributed by atoms with Gasteiger partial charge in [0, 0.05) is 0 Å². The number of unbranched alkanes of at least 4 members (excludes halogenated alkanes) is 4. The number of hydrogen-bond acceptors (Lipinski definition) is 1. The zero-order chi connectivity index (χ0) is 9.23. The molecule has 0 aromatic rings. The summed E-state index contributed by atoms with van der Waals surface area (Å²) in [4.78, 5) is 10.00. The summed E-state index contributed by atoms with van der Waals surface area (Å²) in [6, 6.07) is 0. The maximum Gasteiger partial charge on any atom is 0.336 e. The summed E-state index contributed by atoms with van der Waals surface area (Å²) in [5.41, 5.74) is 2.61. The third kappa shape index (κ3) is 8.99. The molecule has 0 aliphatic rings. The largest absolute Gasteiger partial charge is 0.478 e. The Hall–Kier alpha value is -1.01. The molecule has 0 unspecified atom stereocenters. The van der Waals surface area contributed by atoms with Crippen molar-refractivity contribution in [2.75, 3.05) is 0 Å². The molecule has 0 aliphatic carbocycles. The molecule has 0 saturated carbocycles. The Morgan fingerprint density at radius 3 is 2.75 bits per heavy atom. The first-order chi connectivity index (χ1) is 5.77. The number of rotatable bonds is 6. The van der Waals surface area contributed by atoms with Crippen LogP contribution in [-0.2, 0) is 4.79 Å².